The smallest absolute Gasteiger partial charge is 0.254 e. The lowest BCUT2D eigenvalue weighted by Gasteiger charge is -2.26. The maximum Gasteiger partial charge on any atom is 0.254 e. The van der Waals surface area contributed by atoms with Crippen LogP contribution in [0.4, 0.5) is 0 Å². The van der Waals surface area contributed by atoms with E-state index < -0.39 is 0 Å². The van der Waals surface area contributed by atoms with Crippen molar-refractivity contribution < 1.29 is 19.1 Å². The molecule has 2 amide bonds. The normalized spacial score (nSPS) is 14.2. The van der Waals surface area contributed by atoms with Gasteiger partial charge in [-0.1, -0.05) is 0 Å². The molecule has 0 spiro atoms. The molecule has 1 saturated heterocycles. The molecule has 0 saturated carbocycles. The fourth-order valence-corrected chi connectivity index (χ4v) is 2.92. The number of methoxy groups -OCH3 is 1. The SMILES string of the molecule is COc1cc(C(=O)N2CCNC(=O)C2)ccc1OCc1cscn1. The van der Waals surface area contributed by atoms with E-state index in [1.165, 1.54) is 23.3 Å². The third-order valence-electron chi connectivity index (χ3n) is 3.60. The summed E-state index contributed by atoms with van der Waals surface area (Å²) in [6, 6.07) is 5.00. The average molecular weight is 347 g/mol. The first-order valence-electron chi connectivity index (χ1n) is 7.41. The van der Waals surface area contributed by atoms with Gasteiger partial charge in [-0.2, -0.15) is 0 Å². The van der Waals surface area contributed by atoms with Gasteiger partial charge in [-0.05, 0) is 18.2 Å². The van der Waals surface area contributed by atoms with Gasteiger partial charge < -0.3 is 19.7 Å². The van der Waals surface area contributed by atoms with Crippen LogP contribution in [0.5, 0.6) is 11.5 Å². The minimum Gasteiger partial charge on any atom is -0.493 e. The molecule has 8 heteroatoms. The number of ether oxygens (including phenoxy) is 2. The van der Waals surface area contributed by atoms with Gasteiger partial charge in [0.2, 0.25) is 5.91 Å². The van der Waals surface area contributed by atoms with Gasteiger partial charge in [0.1, 0.15) is 6.61 Å². The standard InChI is InChI=1S/C16H17N3O4S/c1-22-14-6-11(16(21)19-5-4-17-15(20)7-19)2-3-13(14)23-8-12-9-24-10-18-12/h2-3,6,9-10H,4-5,7-8H2,1H3,(H,17,20). The zero-order valence-electron chi connectivity index (χ0n) is 13.2. The van der Waals surface area contributed by atoms with E-state index in [4.69, 9.17) is 9.47 Å². The Labute approximate surface area is 143 Å². The molecule has 1 aliphatic heterocycles. The Morgan fingerprint density at radius 1 is 1.42 bits per heavy atom. The number of carbonyl (C=O) groups excluding carboxylic acids is 2. The van der Waals surface area contributed by atoms with Crippen molar-refractivity contribution in [3.63, 3.8) is 0 Å². The number of rotatable bonds is 5. The number of hydrogen-bond donors (Lipinski definition) is 1. The molecule has 2 aromatic rings. The van der Waals surface area contributed by atoms with Gasteiger partial charge in [0.05, 0.1) is 24.9 Å². The van der Waals surface area contributed by atoms with Crippen molar-refractivity contribution in [1.82, 2.24) is 15.2 Å². The van der Waals surface area contributed by atoms with E-state index in [2.05, 4.69) is 10.3 Å². The number of nitrogens with one attached hydrogen (secondary N) is 1. The number of benzene rings is 1. The van der Waals surface area contributed by atoms with E-state index in [1.807, 2.05) is 5.38 Å². The predicted molar refractivity (Wildman–Crippen MR) is 88.4 cm³/mol. The Morgan fingerprint density at radius 2 is 2.29 bits per heavy atom. The zero-order chi connectivity index (χ0) is 16.9. The summed E-state index contributed by atoms with van der Waals surface area (Å²) in [5.74, 6) is 0.662. The topological polar surface area (TPSA) is 80.8 Å². The summed E-state index contributed by atoms with van der Waals surface area (Å²) in [5.41, 5.74) is 3.04. The maximum atomic E-state index is 12.5. The van der Waals surface area contributed by atoms with Gasteiger partial charge in [0.25, 0.3) is 5.91 Å². The molecule has 0 unspecified atom stereocenters. The second-order valence-electron chi connectivity index (χ2n) is 5.21. The Morgan fingerprint density at radius 3 is 3.00 bits per heavy atom. The van der Waals surface area contributed by atoms with Crippen molar-refractivity contribution in [1.29, 1.82) is 0 Å². The van der Waals surface area contributed by atoms with Crippen LogP contribution in [0.1, 0.15) is 16.1 Å². The lowest BCUT2D eigenvalue weighted by molar-refractivity contribution is -0.123. The molecule has 7 nitrogen and oxygen atoms in total. The molecule has 1 aromatic carbocycles. The van der Waals surface area contributed by atoms with Crippen molar-refractivity contribution >= 4 is 23.2 Å². The van der Waals surface area contributed by atoms with E-state index in [0.717, 1.165) is 5.69 Å². The third kappa shape index (κ3) is 3.65. The zero-order valence-corrected chi connectivity index (χ0v) is 14.0. The van der Waals surface area contributed by atoms with Gasteiger partial charge in [-0.3, -0.25) is 9.59 Å². The molecule has 126 valence electrons. The summed E-state index contributed by atoms with van der Waals surface area (Å²) in [6.07, 6.45) is 0. The fourth-order valence-electron chi connectivity index (χ4n) is 2.37. The first kappa shape index (κ1) is 16.3. The number of hydrogen-bond acceptors (Lipinski definition) is 6. The molecule has 1 N–H and O–H groups in total. The van der Waals surface area contributed by atoms with Crippen LogP contribution in [0.15, 0.2) is 29.1 Å². The summed E-state index contributed by atoms with van der Waals surface area (Å²) >= 11 is 1.50. The summed E-state index contributed by atoms with van der Waals surface area (Å²) < 4.78 is 11.0. The molecule has 24 heavy (non-hydrogen) atoms. The van der Waals surface area contributed by atoms with Gasteiger partial charge in [-0.15, -0.1) is 11.3 Å². The predicted octanol–water partition coefficient (Wildman–Crippen LogP) is 1.30. The van der Waals surface area contributed by atoms with E-state index in [-0.39, 0.29) is 18.4 Å². The van der Waals surface area contributed by atoms with Crippen LogP contribution in [-0.4, -0.2) is 48.4 Å². The van der Waals surface area contributed by atoms with E-state index in [9.17, 15) is 9.59 Å². The highest BCUT2D eigenvalue weighted by Crippen LogP contribution is 2.29. The molecular weight excluding hydrogens is 330 g/mol. The van der Waals surface area contributed by atoms with Crippen LogP contribution in [0.2, 0.25) is 0 Å². The van der Waals surface area contributed by atoms with Crippen molar-refractivity contribution in [3.8, 4) is 11.5 Å². The molecule has 0 bridgehead atoms. The number of amides is 2. The molecule has 0 radical (unpaired) electrons. The Bertz CT molecular complexity index is 733. The van der Waals surface area contributed by atoms with Crippen molar-refractivity contribution in [2.24, 2.45) is 0 Å². The molecule has 1 fully saturated rings. The van der Waals surface area contributed by atoms with E-state index in [1.54, 1.807) is 23.7 Å². The van der Waals surface area contributed by atoms with E-state index in [0.29, 0.717) is 36.8 Å². The molecule has 0 aliphatic carbocycles. The largest absolute Gasteiger partial charge is 0.493 e. The summed E-state index contributed by atoms with van der Waals surface area (Å²) in [7, 11) is 1.52. The average Bonchev–Trinajstić information content (AvgIpc) is 3.12. The molecule has 2 heterocycles. The van der Waals surface area contributed by atoms with Gasteiger partial charge in [-0.25, -0.2) is 4.98 Å². The molecular formula is C16H17N3O4S. The summed E-state index contributed by atoms with van der Waals surface area (Å²) in [4.78, 5) is 29.6. The highest BCUT2D eigenvalue weighted by atomic mass is 32.1. The first-order chi connectivity index (χ1) is 11.7. The highest BCUT2D eigenvalue weighted by Gasteiger charge is 2.23. The highest BCUT2D eigenvalue weighted by molar-refractivity contribution is 7.07. The van der Waals surface area contributed by atoms with Crippen LogP contribution in [0.25, 0.3) is 0 Å². The number of aromatic nitrogens is 1. The van der Waals surface area contributed by atoms with Crippen molar-refractivity contribution in [2.45, 2.75) is 6.61 Å². The number of thiazole rings is 1. The van der Waals surface area contributed by atoms with Crippen LogP contribution in [-0.2, 0) is 11.4 Å². The van der Waals surface area contributed by atoms with Gasteiger partial charge >= 0.3 is 0 Å². The first-order valence-corrected chi connectivity index (χ1v) is 8.35. The van der Waals surface area contributed by atoms with E-state index >= 15 is 0 Å². The summed E-state index contributed by atoms with van der Waals surface area (Å²) in [6.45, 7) is 1.37. The monoisotopic (exact) mass is 347 g/mol. The number of carbonyl (C=O) groups is 2. The van der Waals surface area contributed by atoms with Crippen LogP contribution < -0.4 is 14.8 Å². The number of nitrogens with zero attached hydrogens (tertiary/aromatic N) is 2. The van der Waals surface area contributed by atoms with Gasteiger partial charge in [0, 0.05) is 24.0 Å². The molecule has 3 rings (SSSR count). The Balaban J connectivity index is 1.73. The lowest BCUT2D eigenvalue weighted by atomic mass is 10.1. The minimum atomic E-state index is -0.200. The molecule has 1 aromatic heterocycles. The quantitative estimate of drug-likeness (QED) is 0.882. The van der Waals surface area contributed by atoms with Crippen LogP contribution >= 0.6 is 11.3 Å². The minimum absolute atomic E-state index is 0.0726. The van der Waals surface area contributed by atoms with Crippen molar-refractivity contribution in [2.75, 3.05) is 26.7 Å². The molecule has 1 aliphatic rings. The summed E-state index contributed by atoms with van der Waals surface area (Å²) in [5, 5.41) is 4.61. The van der Waals surface area contributed by atoms with Gasteiger partial charge in [0.15, 0.2) is 11.5 Å². The van der Waals surface area contributed by atoms with Crippen molar-refractivity contribution in [3.05, 3.63) is 40.3 Å². The van der Waals surface area contributed by atoms with Crippen LogP contribution in [0.3, 0.4) is 0 Å². The maximum absolute atomic E-state index is 12.5. The fraction of sp³-hybridized carbons (Fsp3) is 0.312. The third-order valence-corrected chi connectivity index (χ3v) is 4.23. The lowest BCUT2D eigenvalue weighted by Crippen LogP contribution is -2.49. The van der Waals surface area contributed by atoms with Crippen LogP contribution in [0, 0.1) is 0 Å². The molecule has 0 atom stereocenters. The Kier molecular flexibility index (Phi) is 4.95. The Hall–Kier alpha value is -2.61. The second-order valence-corrected chi connectivity index (χ2v) is 5.93. The number of piperazine rings is 1. The second kappa shape index (κ2) is 7.31.